The topological polar surface area (TPSA) is 77.8 Å². The second-order valence-corrected chi connectivity index (χ2v) is 15.0. The van der Waals surface area contributed by atoms with Crippen molar-refractivity contribution in [2.24, 2.45) is 0 Å². The van der Waals surface area contributed by atoms with Crippen molar-refractivity contribution in [2.45, 2.75) is 0 Å². The van der Waals surface area contributed by atoms with E-state index < -0.39 is 0 Å². The summed E-state index contributed by atoms with van der Waals surface area (Å²) < 4.78 is 12.8. The Morgan fingerprint density at radius 2 is 0.817 bits per heavy atom. The van der Waals surface area contributed by atoms with Crippen LogP contribution in [-0.4, -0.2) is 19.9 Å². The molecule has 0 fully saturated rings. The fourth-order valence-corrected chi connectivity index (χ4v) is 8.40. The number of benzene rings is 8. The number of nitrogens with zero attached hydrogens (tertiary/aromatic N) is 4. The first kappa shape index (κ1) is 33.9. The van der Waals surface area contributed by atoms with Gasteiger partial charge in [-0.1, -0.05) is 164 Å². The zero-order valence-electron chi connectivity index (χ0n) is 32.1. The molecule has 280 valence electrons. The average molecular weight is 769 g/mol. The van der Waals surface area contributed by atoms with Crippen molar-refractivity contribution >= 4 is 54.8 Å². The second-order valence-electron chi connectivity index (χ2n) is 15.0. The first-order valence-corrected chi connectivity index (χ1v) is 20.0. The number of fused-ring (bicyclic) bond motifs is 8. The lowest BCUT2D eigenvalue weighted by molar-refractivity contribution is 0.670. The standard InChI is InChI=1S/C54H32N4O2/c1-2-12-33(13-3-1)38-14-10-15-39(32-38)54-57-52(36-28-24-34(25-29-36)40-19-11-20-42-41-16-5-8-22-46(41)59-50(40)42)56-53(58-54)37-30-26-35(27-31-37)49-48-44-18-6-9-23-47(44)60-51(48)43-17-4-7-21-45(43)55-49/h1-32H. The third-order valence-corrected chi connectivity index (χ3v) is 11.4. The van der Waals surface area contributed by atoms with E-state index in [-0.39, 0.29) is 0 Å². The summed E-state index contributed by atoms with van der Waals surface area (Å²) in [5, 5.41) is 5.24. The zero-order valence-corrected chi connectivity index (χ0v) is 32.1. The van der Waals surface area contributed by atoms with Gasteiger partial charge in [-0.2, -0.15) is 0 Å². The Labute approximate surface area is 344 Å². The Bertz CT molecular complexity index is 3590. The summed E-state index contributed by atoms with van der Waals surface area (Å²) in [6.07, 6.45) is 0. The number of furan rings is 2. The molecular weight excluding hydrogens is 737 g/mol. The molecule has 0 atom stereocenters. The van der Waals surface area contributed by atoms with Crippen LogP contribution in [-0.2, 0) is 0 Å². The van der Waals surface area contributed by atoms with E-state index in [4.69, 9.17) is 28.8 Å². The van der Waals surface area contributed by atoms with Gasteiger partial charge in [-0.15, -0.1) is 0 Å². The van der Waals surface area contributed by atoms with Crippen LogP contribution in [0.3, 0.4) is 0 Å². The highest BCUT2D eigenvalue weighted by molar-refractivity contribution is 6.19. The molecule has 6 nitrogen and oxygen atoms in total. The predicted octanol–water partition coefficient (Wildman–Crippen LogP) is 14.2. The van der Waals surface area contributed by atoms with Gasteiger partial charge in [0, 0.05) is 49.4 Å². The number of hydrogen-bond donors (Lipinski definition) is 0. The van der Waals surface area contributed by atoms with Crippen molar-refractivity contribution < 1.29 is 8.83 Å². The molecule has 0 unspecified atom stereocenters. The number of para-hydroxylation sites is 4. The third-order valence-electron chi connectivity index (χ3n) is 11.4. The molecule has 4 aromatic heterocycles. The van der Waals surface area contributed by atoms with E-state index in [1.165, 1.54) is 0 Å². The van der Waals surface area contributed by atoms with Gasteiger partial charge in [-0.05, 0) is 47.0 Å². The fraction of sp³-hybridized carbons (Fsp3) is 0. The second kappa shape index (κ2) is 13.7. The van der Waals surface area contributed by atoms with Gasteiger partial charge in [0.2, 0.25) is 0 Å². The van der Waals surface area contributed by atoms with Crippen molar-refractivity contribution in [3.05, 3.63) is 194 Å². The molecule has 8 aromatic carbocycles. The molecule has 0 bridgehead atoms. The van der Waals surface area contributed by atoms with Crippen LogP contribution < -0.4 is 0 Å². The van der Waals surface area contributed by atoms with Crippen molar-refractivity contribution in [3.63, 3.8) is 0 Å². The summed E-state index contributed by atoms with van der Waals surface area (Å²) in [7, 11) is 0. The SMILES string of the molecule is c1ccc(-c2cccc(-c3nc(-c4ccc(-c5cccc6c5oc5ccccc56)cc4)nc(-c4ccc(-c5nc6ccccc6c6oc7ccccc7c56)cc4)n3)c2)cc1. The highest BCUT2D eigenvalue weighted by atomic mass is 16.3. The maximum atomic E-state index is 6.46. The van der Waals surface area contributed by atoms with E-state index in [1.807, 2.05) is 60.7 Å². The number of aromatic nitrogens is 4. The van der Waals surface area contributed by atoms with Crippen LogP contribution in [0, 0.1) is 0 Å². The van der Waals surface area contributed by atoms with Gasteiger partial charge in [0.15, 0.2) is 17.5 Å². The molecule has 12 aromatic rings. The van der Waals surface area contributed by atoms with Crippen molar-refractivity contribution in [3.8, 4) is 67.7 Å². The molecule has 0 aliphatic heterocycles. The molecule has 12 rings (SSSR count). The van der Waals surface area contributed by atoms with Crippen LogP contribution in [0.1, 0.15) is 0 Å². The lowest BCUT2D eigenvalue weighted by Crippen LogP contribution is -2.00. The van der Waals surface area contributed by atoms with Crippen LogP contribution >= 0.6 is 0 Å². The third kappa shape index (κ3) is 5.65. The van der Waals surface area contributed by atoms with Gasteiger partial charge in [0.05, 0.1) is 16.6 Å². The normalized spacial score (nSPS) is 11.7. The molecule has 0 aliphatic rings. The van der Waals surface area contributed by atoms with Crippen LogP contribution in [0.15, 0.2) is 203 Å². The number of pyridine rings is 1. The van der Waals surface area contributed by atoms with Crippen LogP contribution in [0.25, 0.3) is 122 Å². The van der Waals surface area contributed by atoms with Gasteiger partial charge in [-0.3, -0.25) is 0 Å². The van der Waals surface area contributed by atoms with E-state index in [2.05, 4.69) is 133 Å². The summed E-state index contributed by atoms with van der Waals surface area (Å²) in [5.74, 6) is 1.75. The molecule has 6 heteroatoms. The summed E-state index contributed by atoms with van der Waals surface area (Å²) in [5.41, 5.74) is 13.1. The first-order valence-electron chi connectivity index (χ1n) is 20.0. The largest absolute Gasteiger partial charge is 0.455 e. The number of hydrogen-bond acceptors (Lipinski definition) is 6. The summed E-state index contributed by atoms with van der Waals surface area (Å²) in [4.78, 5) is 20.5. The zero-order chi connectivity index (χ0) is 39.6. The summed E-state index contributed by atoms with van der Waals surface area (Å²) in [6.45, 7) is 0. The Morgan fingerprint density at radius 3 is 1.57 bits per heavy atom. The summed E-state index contributed by atoms with van der Waals surface area (Å²) in [6, 6.07) is 66.2. The highest BCUT2D eigenvalue weighted by Gasteiger charge is 2.19. The quantitative estimate of drug-likeness (QED) is 0.168. The van der Waals surface area contributed by atoms with Crippen LogP contribution in [0.2, 0.25) is 0 Å². The van der Waals surface area contributed by atoms with E-state index in [9.17, 15) is 0 Å². The van der Waals surface area contributed by atoms with E-state index >= 15 is 0 Å². The number of rotatable bonds is 6. The molecule has 0 N–H and O–H groups in total. The Hall–Kier alpha value is -8.22. The lowest BCUT2D eigenvalue weighted by Gasteiger charge is -2.11. The van der Waals surface area contributed by atoms with E-state index in [0.717, 1.165) is 105 Å². The molecule has 0 spiro atoms. The van der Waals surface area contributed by atoms with E-state index in [1.54, 1.807) is 0 Å². The molecule has 0 saturated heterocycles. The fourth-order valence-electron chi connectivity index (χ4n) is 8.40. The van der Waals surface area contributed by atoms with Crippen LogP contribution in [0.4, 0.5) is 0 Å². The van der Waals surface area contributed by atoms with Crippen molar-refractivity contribution in [2.75, 3.05) is 0 Å². The average Bonchev–Trinajstić information content (AvgIpc) is 3.91. The van der Waals surface area contributed by atoms with Gasteiger partial charge >= 0.3 is 0 Å². The van der Waals surface area contributed by atoms with Gasteiger partial charge in [-0.25, -0.2) is 19.9 Å². The minimum Gasteiger partial charge on any atom is -0.455 e. The minimum atomic E-state index is 0.577. The molecule has 0 saturated carbocycles. The molecule has 0 aliphatic carbocycles. The molecule has 0 amide bonds. The highest BCUT2D eigenvalue weighted by Crippen LogP contribution is 2.40. The molecule has 0 radical (unpaired) electrons. The molecule has 4 heterocycles. The lowest BCUT2D eigenvalue weighted by atomic mass is 10.0. The first-order chi connectivity index (χ1) is 29.7. The Kier molecular flexibility index (Phi) is 7.74. The minimum absolute atomic E-state index is 0.577. The maximum absolute atomic E-state index is 6.46. The monoisotopic (exact) mass is 768 g/mol. The Morgan fingerprint density at radius 1 is 0.300 bits per heavy atom. The van der Waals surface area contributed by atoms with Crippen molar-refractivity contribution in [1.82, 2.24) is 19.9 Å². The maximum Gasteiger partial charge on any atom is 0.164 e. The molecular formula is C54H32N4O2. The molecule has 60 heavy (non-hydrogen) atoms. The predicted molar refractivity (Wildman–Crippen MR) is 242 cm³/mol. The van der Waals surface area contributed by atoms with Gasteiger partial charge < -0.3 is 8.83 Å². The smallest absolute Gasteiger partial charge is 0.164 e. The van der Waals surface area contributed by atoms with Gasteiger partial charge in [0.25, 0.3) is 0 Å². The van der Waals surface area contributed by atoms with Gasteiger partial charge in [0.1, 0.15) is 22.3 Å². The van der Waals surface area contributed by atoms with Crippen molar-refractivity contribution in [1.29, 1.82) is 0 Å². The van der Waals surface area contributed by atoms with E-state index in [0.29, 0.717) is 17.5 Å². The Balaban J connectivity index is 0.976. The van der Waals surface area contributed by atoms with Crippen LogP contribution in [0.5, 0.6) is 0 Å². The summed E-state index contributed by atoms with van der Waals surface area (Å²) >= 11 is 0.